The Balaban J connectivity index is 2.74. The summed E-state index contributed by atoms with van der Waals surface area (Å²) in [4.78, 5) is 0. The Hall–Kier alpha value is -0.910. The lowest BCUT2D eigenvalue weighted by atomic mass is 9.94. The van der Waals surface area contributed by atoms with Crippen molar-refractivity contribution in [3.05, 3.63) is 35.9 Å². The summed E-state index contributed by atoms with van der Waals surface area (Å²) in [5.74, 6) is -0.00840. The second-order valence-electron chi connectivity index (χ2n) is 4.31. The quantitative estimate of drug-likeness (QED) is 0.801. The third-order valence-electron chi connectivity index (χ3n) is 2.49. The minimum Gasteiger partial charge on any atom is -0.393 e. The van der Waals surface area contributed by atoms with E-state index in [9.17, 15) is 13.5 Å². The highest BCUT2D eigenvalue weighted by Crippen LogP contribution is 2.20. The van der Waals surface area contributed by atoms with Crippen LogP contribution in [0.4, 0.5) is 0 Å². The Morgan fingerprint density at radius 2 is 1.88 bits per heavy atom. The van der Waals surface area contributed by atoms with Crippen molar-refractivity contribution in [1.82, 2.24) is 4.72 Å². The summed E-state index contributed by atoms with van der Waals surface area (Å²) in [6.45, 7) is 2.02. The van der Waals surface area contributed by atoms with Gasteiger partial charge in [0.15, 0.2) is 0 Å². The number of rotatable bonds is 6. The molecule has 1 rings (SSSR count). The van der Waals surface area contributed by atoms with Crippen molar-refractivity contribution >= 4 is 10.0 Å². The topological polar surface area (TPSA) is 66.4 Å². The van der Waals surface area contributed by atoms with Crippen LogP contribution in [0.2, 0.25) is 0 Å². The first-order valence-electron chi connectivity index (χ1n) is 5.56. The fourth-order valence-corrected chi connectivity index (χ4v) is 2.23. The van der Waals surface area contributed by atoms with Crippen LogP contribution in [0.15, 0.2) is 30.3 Å². The van der Waals surface area contributed by atoms with Gasteiger partial charge in [0.25, 0.3) is 0 Å². The van der Waals surface area contributed by atoms with Gasteiger partial charge >= 0.3 is 0 Å². The van der Waals surface area contributed by atoms with Crippen molar-refractivity contribution < 1.29 is 13.5 Å². The highest BCUT2D eigenvalue weighted by Gasteiger charge is 2.15. The number of hydrogen-bond donors (Lipinski definition) is 2. The van der Waals surface area contributed by atoms with E-state index in [0.717, 1.165) is 11.8 Å². The van der Waals surface area contributed by atoms with Gasteiger partial charge in [-0.1, -0.05) is 30.3 Å². The maximum absolute atomic E-state index is 11.1. The maximum atomic E-state index is 11.1. The molecule has 5 heteroatoms. The van der Waals surface area contributed by atoms with Gasteiger partial charge in [0.05, 0.1) is 12.4 Å². The van der Waals surface area contributed by atoms with Crippen LogP contribution >= 0.6 is 0 Å². The van der Waals surface area contributed by atoms with Crippen LogP contribution in [0.1, 0.15) is 24.8 Å². The normalized spacial score (nSPS) is 15.5. The molecule has 0 saturated heterocycles. The summed E-state index contributed by atoms with van der Waals surface area (Å²) in [5, 5.41) is 9.44. The van der Waals surface area contributed by atoms with E-state index in [0.29, 0.717) is 13.0 Å². The fourth-order valence-electron chi connectivity index (χ4n) is 1.73. The second kappa shape index (κ2) is 6.14. The molecule has 1 aromatic rings. The molecule has 0 aromatic heterocycles. The van der Waals surface area contributed by atoms with Crippen molar-refractivity contribution in [2.45, 2.75) is 25.4 Å². The molecule has 0 spiro atoms. The van der Waals surface area contributed by atoms with Gasteiger partial charge in [0, 0.05) is 6.54 Å². The Labute approximate surface area is 103 Å². The number of aliphatic hydroxyl groups excluding tert-OH is 1. The van der Waals surface area contributed by atoms with Crippen LogP contribution in [0.25, 0.3) is 0 Å². The molecule has 17 heavy (non-hydrogen) atoms. The zero-order valence-electron chi connectivity index (χ0n) is 10.1. The summed E-state index contributed by atoms with van der Waals surface area (Å²) in [6.07, 6.45) is 1.21. The molecule has 0 aliphatic heterocycles. The number of aliphatic hydroxyl groups is 1. The van der Waals surface area contributed by atoms with Crippen LogP contribution in [0.5, 0.6) is 0 Å². The lowest BCUT2D eigenvalue weighted by Gasteiger charge is -2.19. The Morgan fingerprint density at radius 3 is 2.35 bits per heavy atom. The lowest BCUT2D eigenvalue weighted by Crippen LogP contribution is -2.28. The molecule has 0 amide bonds. The van der Waals surface area contributed by atoms with Gasteiger partial charge in [-0.2, -0.15) is 0 Å². The first-order chi connectivity index (χ1) is 7.88. The minimum absolute atomic E-state index is 0.00840. The molecule has 2 atom stereocenters. The third kappa shape index (κ3) is 5.81. The highest BCUT2D eigenvalue weighted by molar-refractivity contribution is 7.88. The fraction of sp³-hybridized carbons (Fsp3) is 0.500. The number of nitrogens with one attached hydrogen (secondary N) is 1. The molecular formula is C12H19NO3S. The van der Waals surface area contributed by atoms with Crippen LogP contribution in [-0.4, -0.2) is 32.4 Å². The van der Waals surface area contributed by atoms with Crippen LogP contribution < -0.4 is 4.72 Å². The Bertz CT molecular complexity index is 428. The van der Waals surface area contributed by atoms with E-state index in [4.69, 9.17) is 0 Å². The monoisotopic (exact) mass is 257 g/mol. The number of hydrogen-bond acceptors (Lipinski definition) is 3. The average molecular weight is 257 g/mol. The van der Waals surface area contributed by atoms with Gasteiger partial charge in [-0.3, -0.25) is 0 Å². The van der Waals surface area contributed by atoms with E-state index in [1.165, 1.54) is 0 Å². The van der Waals surface area contributed by atoms with Crippen molar-refractivity contribution in [2.75, 3.05) is 12.8 Å². The molecule has 2 N–H and O–H groups in total. The summed E-state index contributed by atoms with van der Waals surface area (Å²) < 4.78 is 24.6. The Morgan fingerprint density at radius 1 is 1.29 bits per heavy atom. The molecule has 0 bridgehead atoms. The molecule has 0 saturated carbocycles. The zero-order chi connectivity index (χ0) is 12.9. The molecule has 1 aromatic carbocycles. The lowest BCUT2D eigenvalue weighted by molar-refractivity contribution is 0.174. The average Bonchev–Trinajstić information content (AvgIpc) is 2.24. The van der Waals surface area contributed by atoms with Crippen LogP contribution in [0, 0.1) is 0 Å². The van der Waals surface area contributed by atoms with Gasteiger partial charge in [0.1, 0.15) is 0 Å². The van der Waals surface area contributed by atoms with E-state index in [2.05, 4.69) is 4.72 Å². The van der Waals surface area contributed by atoms with E-state index >= 15 is 0 Å². The summed E-state index contributed by atoms with van der Waals surface area (Å²) >= 11 is 0. The molecule has 2 unspecified atom stereocenters. The predicted molar refractivity (Wildman–Crippen MR) is 68.3 cm³/mol. The van der Waals surface area contributed by atoms with E-state index < -0.39 is 16.1 Å². The minimum atomic E-state index is -3.19. The molecule has 0 aliphatic rings. The summed E-state index contributed by atoms with van der Waals surface area (Å²) in [6, 6.07) is 9.61. The summed E-state index contributed by atoms with van der Waals surface area (Å²) in [5.41, 5.74) is 1.03. The molecule has 0 fully saturated rings. The van der Waals surface area contributed by atoms with Crippen molar-refractivity contribution in [3.8, 4) is 0 Å². The molecule has 0 radical (unpaired) electrons. The van der Waals surface area contributed by atoms with Crippen LogP contribution in [0.3, 0.4) is 0 Å². The van der Waals surface area contributed by atoms with E-state index in [-0.39, 0.29) is 5.92 Å². The predicted octanol–water partition coefficient (Wildman–Crippen LogP) is 1.09. The van der Waals surface area contributed by atoms with E-state index in [1.807, 2.05) is 30.3 Å². The van der Waals surface area contributed by atoms with Crippen molar-refractivity contribution in [2.24, 2.45) is 0 Å². The SMILES string of the molecule is CC(O)CC(CNS(C)(=O)=O)c1ccccc1. The van der Waals surface area contributed by atoms with Gasteiger partial charge in [-0.15, -0.1) is 0 Å². The molecule has 96 valence electrons. The van der Waals surface area contributed by atoms with Crippen molar-refractivity contribution in [3.63, 3.8) is 0 Å². The van der Waals surface area contributed by atoms with Gasteiger partial charge in [0.2, 0.25) is 10.0 Å². The first-order valence-corrected chi connectivity index (χ1v) is 7.45. The molecule has 0 heterocycles. The van der Waals surface area contributed by atoms with Gasteiger partial charge in [-0.05, 0) is 24.8 Å². The maximum Gasteiger partial charge on any atom is 0.208 e. The molecular weight excluding hydrogens is 238 g/mol. The van der Waals surface area contributed by atoms with Gasteiger partial charge in [-0.25, -0.2) is 13.1 Å². The zero-order valence-corrected chi connectivity index (χ0v) is 10.9. The standard InChI is InChI=1S/C12H19NO3S/c1-10(14)8-12(9-13-17(2,15)16)11-6-4-3-5-7-11/h3-7,10,12-14H,8-9H2,1-2H3. The third-order valence-corrected chi connectivity index (χ3v) is 3.18. The molecule has 4 nitrogen and oxygen atoms in total. The number of benzene rings is 1. The second-order valence-corrected chi connectivity index (χ2v) is 6.15. The molecule has 0 aliphatic carbocycles. The smallest absolute Gasteiger partial charge is 0.208 e. The number of sulfonamides is 1. The van der Waals surface area contributed by atoms with Crippen LogP contribution in [-0.2, 0) is 10.0 Å². The first kappa shape index (κ1) is 14.2. The van der Waals surface area contributed by atoms with Crippen molar-refractivity contribution in [1.29, 1.82) is 0 Å². The van der Waals surface area contributed by atoms with Gasteiger partial charge < -0.3 is 5.11 Å². The largest absolute Gasteiger partial charge is 0.393 e. The van der Waals surface area contributed by atoms with E-state index in [1.54, 1.807) is 6.92 Å². The Kier molecular flexibility index (Phi) is 5.11. The highest BCUT2D eigenvalue weighted by atomic mass is 32.2. The summed E-state index contributed by atoms with van der Waals surface area (Å²) in [7, 11) is -3.19.